The number of thiazole rings is 1. The molecule has 0 unspecified atom stereocenters. The third kappa shape index (κ3) is 3.67. The van der Waals surface area contributed by atoms with E-state index in [4.69, 9.17) is 28.8 Å². The number of benzene rings is 2. The molecule has 0 aliphatic rings. The molecule has 0 aliphatic carbocycles. The Balaban J connectivity index is 1.79. The summed E-state index contributed by atoms with van der Waals surface area (Å²) in [5.74, 6) is 0.734. The van der Waals surface area contributed by atoms with Gasteiger partial charge in [0.2, 0.25) is 0 Å². The van der Waals surface area contributed by atoms with Crippen LogP contribution < -0.4 is 5.56 Å². The molecule has 28 heavy (non-hydrogen) atoms. The number of aryl methyl sites for hydroxylation is 1. The molecule has 0 saturated carbocycles. The number of hydrogen-bond acceptors (Lipinski definition) is 5. The summed E-state index contributed by atoms with van der Waals surface area (Å²) >= 11 is 14.3. The van der Waals surface area contributed by atoms with E-state index in [1.165, 1.54) is 34.2 Å². The van der Waals surface area contributed by atoms with E-state index >= 15 is 0 Å². The van der Waals surface area contributed by atoms with Crippen molar-refractivity contribution in [2.75, 3.05) is 0 Å². The molecule has 0 aliphatic heterocycles. The number of halogens is 1. The number of fused-ring (bicyclic) bond motifs is 1. The second kappa shape index (κ2) is 7.83. The molecule has 2 heterocycles. The predicted molar refractivity (Wildman–Crippen MR) is 121 cm³/mol. The molecule has 0 amide bonds. The highest BCUT2D eigenvalue weighted by Gasteiger charge is 2.16. The fourth-order valence-corrected chi connectivity index (χ4v) is 5.18. The van der Waals surface area contributed by atoms with Gasteiger partial charge in [-0.15, -0.1) is 0 Å². The first-order valence-corrected chi connectivity index (χ1v) is 11.1. The van der Waals surface area contributed by atoms with E-state index in [2.05, 4.69) is 31.2 Å². The zero-order chi connectivity index (χ0) is 19.8. The lowest BCUT2D eigenvalue weighted by atomic mass is 10.2. The zero-order valence-corrected chi connectivity index (χ0v) is 18.4. The minimum Gasteiger partial charge on any atom is -0.289 e. The van der Waals surface area contributed by atoms with E-state index in [1.807, 2.05) is 16.7 Å². The molecule has 0 bridgehead atoms. The van der Waals surface area contributed by atoms with Gasteiger partial charge >= 0.3 is 0 Å². The van der Waals surface area contributed by atoms with E-state index in [0.717, 1.165) is 11.4 Å². The second-order valence-electron chi connectivity index (χ2n) is 6.37. The van der Waals surface area contributed by atoms with Crippen LogP contribution in [0.1, 0.15) is 11.1 Å². The lowest BCUT2D eigenvalue weighted by molar-refractivity contribution is 0.722. The van der Waals surface area contributed by atoms with Crippen molar-refractivity contribution in [2.24, 2.45) is 7.05 Å². The molecule has 8 heteroatoms. The van der Waals surface area contributed by atoms with Crippen LogP contribution in [0.25, 0.3) is 16.0 Å². The normalized spacial score (nSPS) is 11.2. The first-order chi connectivity index (χ1) is 13.4. The van der Waals surface area contributed by atoms with E-state index < -0.39 is 0 Å². The largest absolute Gasteiger partial charge is 0.289 e. The van der Waals surface area contributed by atoms with Gasteiger partial charge in [0.15, 0.2) is 14.8 Å². The number of thioether (sulfide) groups is 1. The maximum atomic E-state index is 12.9. The third-order valence-electron chi connectivity index (χ3n) is 4.35. The van der Waals surface area contributed by atoms with Gasteiger partial charge in [-0.1, -0.05) is 64.5 Å². The summed E-state index contributed by atoms with van der Waals surface area (Å²) in [6.45, 7) is 2.06. The van der Waals surface area contributed by atoms with Gasteiger partial charge in [0.05, 0.1) is 0 Å². The molecular formula is C20H16ClN3OS3. The van der Waals surface area contributed by atoms with Crippen LogP contribution in [0.15, 0.2) is 58.5 Å². The van der Waals surface area contributed by atoms with Gasteiger partial charge < -0.3 is 0 Å². The average Bonchev–Trinajstić information content (AvgIpc) is 3.02. The fraction of sp³-hybridized carbons (Fsp3) is 0.150. The molecule has 0 atom stereocenters. The second-order valence-corrected chi connectivity index (χ2v) is 9.39. The minimum absolute atomic E-state index is 0.0831. The van der Waals surface area contributed by atoms with E-state index in [9.17, 15) is 4.79 Å². The van der Waals surface area contributed by atoms with Crippen molar-refractivity contribution in [2.45, 2.75) is 17.8 Å². The maximum absolute atomic E-state index is 12.9. The fourth-order valence-electron chi connectivity index (χ4n) is 2.79. The monoisotopic (exact) mass is 445 g/mol. The summed E-state index contributed by atoms with van der Waals surface area (Å²) in [5.41, 5.74) is 3.76. The van der Waals surface area contributed by atoms with Gasteiger partial charge in [-0.25, -0.2) is 4.98 Å². The molecule has 142 valence electrons. The van der Waals surface area contributed by atoms with Crippen molar-refractivity contribution in [1.29, 1.82) is 0 Å². The highest BCUT2D eigenvalue weighted by atomic mass is 35.5. The first kappa shape index (κ1) is 19.4. The molecule has 0 spiro atoms. The van der Waals surface area contributed by atoms with Crippen molar-refractivity contribution in [3.63, 3.8) is 0 Å². The van der Waals surface area contributed by atoms with Crippen LogP contribution in [0.5, 0.6) is 0 Å². The van der Waals surface area contributed by atoms with Gasteiger partial charge in [-0.2, -0.15) is 0 Å². The van der Waals surface area contributed by atoms with Crippen LogP contribution in [-0.2, 0) is 12.8 Å². The standard InChI is InChI=1S/C20H16ClN3OS3/c1-12-3-5-13(6-4-12)11-27-19-22-17-16(18(25)23(19)2)28-20(26)24(17)15-9-7-14(21)8-10-15/h3-10H,11H2,1-2H3. The smallest absolute Gasteiger partial charge is 0.273 e. The van der Waals surface area contributed by atoms with Crippen molar-refractivity contribution in [3.05, 3.63) is 79.0 Å². The quantitative estimate of drug-likeness (QED) is 0.227. The van der Waals surface area contributed by atoms with Gasteiger partial charge in [0.1, 0.15) is 4.70 Å². The topological polar surface area (TPSA) is 39.8 Å². The SMILES string of the molecule is Cc1ccc(CSc2nc3c(sc(=S)n3-c3ccc(Cl)cc3)c(=O)n2C)cc1. The Bertz CT molecular complexity index is 1270. The van der Waals surface area contributed by atoms with Crippen molar-refractivity contribution < 1.29 is 0 Å². The van der Waals surface area contributed by atoms with Crippen LogP contribution in [0, 0.1) is 10.9 Å². The zero-order valence-electron chi connectivity index (χ0n) is 15.2. The molecule has 4 aromatic rings. The Hall–Kier alpha value is -1.93. The summed E-state index contributed by atoms with van der Waals surface area (Å²) in [4.78, 5) is 17.7. The Kier molecular flexibility index (Phi) is 5.42. The van der Waals surface area contributed by atoms with Crippen LogP contribution in [0.4, 0.5) is 0 Å². The molecule has 0 fully saturated rings. The molecule has 2 aromatic heterocycles. The van der Waals surface area contributed by atoms with E-state index in [0.29, 0.717) is 24.5 Å². The Morgan fingerprint density at radius 1 is 1.14 bits per heavy atom. The number of aromatic nitrogens is 3. The van der Waals surface area contributed by atoms with Crippen LogP contribution >= 0.6 is 46.9 Å². The number of rotatable bonds is 4. The third-order valence-corrected chi connectivity index (χ3v) is 7.05. The van der Waals surface area contributed by atoms with Gasteiger partial charge in [-0.05, 0) is 49.0 Å². The van der Waals surface area contributed by atoms with E-state index in [1.54, 1.807) is 23.7 Å². The van der Waals surface area contributed by atoms with Crippen LogP contribution in [0.2, 0.25) is 5.02 Å². The minimum atomic E-state index is -0.0831. The predicted octanol–water partition coefficient (Wildman–Crippen LogP) is 5.77. The Morgan fingerprint density at radius 2 is 1.82 bits per heavy atom. The molecule has 4 rings (SSSR count). The molecule has 4 nitrogen and oxygen atoms in total. The molecule has 2 aromatic carbocycles. The molecule has 0 N–H and O–H groups in total. The lowest BCUT2D eigenvalue weighted by Gasteiger charge is -2.09. The summed E-state index contributed by atoms with van der Waals surface area (Å²) in [6, 6.07) is 15.7. The number of nitrogens with zero attached hydrogens (tertiary/aromatic N) is 3. The molecule has 0 radical (unpaired) electrons. The summed E-state index contributed by atoms with van der Waals surface area (Å²) in [7, 11) is 1.75. The maximum Gasteiger partial charge on any atom is 0.273 e. The number of hydrogen-bond donors (Lipinski definition) is 0. The summed E-state index contributed by atoms with van der Waals surface area (Å²) in [5, 5.41) is 1.31. The Morgan fingerprint density at radius 3 is 2.50 bits per heavy atom. The van der Waals surface area contributed by atoms with Gasteiger partial charge in [0.25, 0.3) is 5.56 Å². The van der Waals surface area contributed by atoms with E-state index in [-0.39, 0.29) is 5.56 Å². The highest BCUT2D eigenvalue weighted by molar-refractivity contribution is 7.98. The highest BCUT2D eigenvalue weighted by Crippen LogP contribution is 2.27. The first-order valence-electron chi connectivity index (χ1n) is 8.51. The summed E-state index contributed by atoms with van der Waals surface area (Å²) in [6.07, 6.45) is 0. The molecular weight excluding hydrogens is 430 g/mol. The molecule has 0 saturated heterocycles. The van der Waals surface area contributed by atoms with Crippen molar-refractivity contribution in [3.8, 4) is 5.69 Å². The average molecular weight is 446 g/mol. The lowest BCUT2D eigenvalue weighted by Crippen LogP contribution is -2.19. The van der Waals surface area contributed by atoms with Gasteiger partial charge in [0, 0.05) is 23.5 Å². The summed E-state index contributed by atoms with van der Waals surface area (Å²) < 4.78 is 4.58. The Labute approximate surface area is 180 Å². The van der Waals surface area contributed by atoms with Crippen molar-refractivity contribution in [1.82, 2.24) is 14.1 Å². The van der Waals surface area contributed by atoms with Crippen molar-refractivity contribution >= 4 is 57.3 Å². The van der Waals surface area contributed by atoms with Gasteiger partial charge in [-0.3, -0.25) is 13.9 Å². The van der Waals surface area contributed by atoms with Crippen LogP contribution in [0.3, 0.4) is 0 Å². The van der Waals surface area contributed by atoms with Crippen LogP contribution in [-0.4, -0.2) is 14.1 Å².